The van der Waals surface area contributed by atoms with Crippen LogP contribution in [0.4, 0.5) is 0 Å². The zero-order valence-corrected chi connectivity index (χ0v) is 8.19. The second kappa shape index (κ2) is 4.23. The van der Waals surface area contributed by atoms with Crippen LogP contribution < -0.4 is 4.74 Å². The van der Waals surface area contributed by atoms with Crippen molar-refractivity contribution in [2.75, 3.05) is 7.11 Å². The van der Waals surface area contributed by atoms with Gasteiger partial charge in [0.05, 0.1) is 13.2 Å². The number of rotatable bonds is 3. The Morgan fingerprint density at radius 1 is 1.38 bits per heavy atom. The fourth-order valence-electron chi connectivity index (χ4n) is 1.05. The van der Waals surface area contributed by atoms with Crippen LogP contribution in [-0.4, -0.2) is 23.3 Å². The molecule has 0 saturated carbocycles. The Balaban J connectivity index is 2.88. The van der Waals surface area contributed by atoms with E-state index >= 15 is 0 Å². The Morgan fingerprint density at radius 2 is 2.08 bits per heavy atom. The molecule has 0 aliphatic carbocycles. The molecule has 1 N–H and O–H groups in total. The molecule has 0 radical (unpaired) electrons. The molecule has 13 heavy (non-hydrogen) atoms. The van der Waals surface area contributed by atoms with E-state index in [1.165, 1.54) is 0 Å². The fraction of sp³-hybridized carbons (Fsp3) is 0.500. The highest BCUT2D eigenvalue weighted by molar-refractivity contribution is 5.18. The fourth-order valence-corrected chi connectivity index (χ4v) is 1.05. The van der Waals surface area contributed by atoms with E-state index in [9.17, 15) is 5.11 Å². The zero-order chi connectivity index (χ0) is 9.84. The van der Waals surface area contributed by atoms with Crippen molar-refractivity contribution in [3.05, 3.63) is 23.9 Å². The molecule has 3 nitrogen and oxygen atoms in total. The molecule has 0 spiro atoms. The first kappa shape index (κ1) is 9.99. The largest absolute Gasteiger partial charge is 0.481 e. The quantitative estimate of drug-likeness (QED) is 0.769. The minimum Gasteiger partial charge on any atom is -0.481 e. The van der Waals surface area contributed by atoms with Crippen LogP contribution in [0, 0.1) is 0 Å². The van der Waals surface area contributed by atoms with Crippen molar-refractivity contribution >= 4 is 0 Å². The molecule has 1 aromatic heterocycles. The molecule has 0 aliphatic rings. The lowest BCUT2D eigenvalue weighted by Gasteiger charge is -2.14. The predicted molar refractivity (Wildman–Crippen MR) is 50.9 cm³/mol. The van der Waals surface area contributed by atoms with Gasteiger partial charge >= 0.3 is 0 Å². The Labute approximate surface area is 78.4 Å². The number of methoxy groups -OCH3 is 1. The molecule has 72 valence electrons. The first-order valence-corrected chi connectivity index (χ1v) is 4.34. The second-order valence-corrected chi connectivity index (χ2v) is 3.13. The van der Waals surface area contributed by atoms with Gasteiger partial charge in [-0.3, -0.25) is 0 Å². The highest BCUT2D eigenvalue weighted by Crippen LogP contribution is 2.18. The molecule has 2 atom stereocenters. The van der Waals surface area contributed by atoms with Crippen LogP contribution in [0.1, 0.15) is 25.5 Å². The minimum atomic E-state index is -0.389. The third-order valence-corrected chi connectivity index (χ3v) is 2.14. The molecule has 0 saturated heterocycles. The van der Waals surface area contributed by atoms with E-state index in [1.54, 1.807) is 20.1 Å². The van der Waals surface area contributed by atoms with Gasteiger partial charge in [-0.25, -0.2) is 4.98 Å². The van der Waals surface area contributed by atoms with E-state index < -0.39 is 0 Å². The lowest BCUT2D eigenvalue weighted by Crippen LogP contribution is -2.12. The van der Waals surface area contributed by atoms with Crippen LogP contribution >= 0.6 is 0 Å². The lowest BCUT2D eigenvalue weighted by molar-refractivity contribution is 0.167. The third-order valence-electron chi connectivity index (χ3n) is 2.14. The lowest BCUT2D eigenvalue weighted by atomic mass is 10.0. The summed E-state index contributed by atoms with van der Waals surface area (Å²) in [7, 11) is 1.58. The average Bonchev–Trinajstić information content (AvgIpc) is 2.16. The highest BCUT2D eigenvalue weighted by Gasteiger charge is 2.12. The van der Waals surface area contributed by atoms with E-state index in [0.717, 1.165) is 5.69 Å². The van der Waals surface area contributed by atoms with Gasteiger partial charge in [-0.1, -0.05) is 13.0 Å². The molecule has 1 aromatic rings. The van der Waals surface area contributed by atoms with Gasteiger partial charge < -0.3 is 9.84 Å². The van der Waals surface area contributed by atoms with Crippen molar-refractivity contribution in [1.82, 2.24) is 4.98 Å². The maximum absolute atomic E-state index is 9.36. The second-order valence-electron chi connectivity index (χ2n) is 3.13. The molecule has 1 rings (SSSR count). The van der Waals surface area contributed by atoms with Gasteiger partial charge in [0.1, 0.15) is 0 Å². The molecule has 0 bridgehead atoms. The molecule has 3 heteroatoms. The van der Waals surface area contributed by atoms with Gasteiger partial charge in [-0.15, -0.1) is 0 Å². The molecule has 0 aliphatic heterocycles. The molecule has 2 unspecified atom stereocenters. The number of aromatic nitrogens is 1. The van der Waals surface area contributed by atoms with E-state index in [2.05, 4.69) is 4.98 Å². The molecule has 0 fully saturated rings. The summed E-state index contributed by atoms with van der Waals surface area (Å²) < 4.78 is 4.99. The molecule has 0 amide bonds. The Hall–Kier alpha value is -1.09. The molecule has 0 aromatic carbocycles. The van der Waals surface area contributed by atoms with Crippen LogP contribution in [0.3, 0.4) is 0 Å². The first-order valence-electron chi connectivity index (χ1n) is 4.34. The molecular formula is C10H15NO2. The van der Waals surface area contributed by atoms with Crippen molar-refractivity contribution < 1.29 is 9.84 Å². The number of hydrogen-bond acceptors (Lipinski definition) is 3. The number of pyridine rings is 1. The minimum absolute atomic E-state index is 0.0371. The maximum atomic E-state index is 9.36. The summed E-state index contributed by atoms with van der Waals surface area (Å²) in [6.45, 7) is 3.69. The zero-order valence-electron chi connectivity index (χ0n) is 8.19. The van der Waals surface area contributed by atoms with Crippen LogP contribution in [0.25, 0.3) is 0 Å². The van der Waals surface area contributed by atoms with Gasteiger partial charge in [0.25, 0.3) is 0 Å². The number of aliphatic hydroxyl groups is 1. The first-order chi connectivity index (χ1) is 6.15. The van der Waals surface area contributed by atoms with Crippen molar-refractivity contribution in [2.24, 2.45) is 0 Å². The van der Waals surface area contributed by atoms with E-state index in [0.29, 0.717) is 5.88 Å². The normalized spacial score (nSPS) is 15.1. The average molecular weight is 181 g/mol. The highest BCUT2D eigenvalue weighted by atomic mass is 16.5. The third kappa shape index (κ3) is 2.42. The smallest absolute Gasteiger partial charge is 0.213 e. The Kier molecular flexibility index (Phi) is 3.25. The summed E-state index contributed by atoms with van der Waals surface area (Å²) in [6.07, 6.45) is -0.389. The van der Waals surface area contributed by atoms with Gasteiger partial charge in [-0.05, 0) is 13.0 Å². The summed E-state index contributed by atoms with van der Waals surface area (Å²) in [5.74, 6) is 0.625. The monoisotopic (exact) mass is 181 g/mol. The molecule has 1 heterocycles. The standard InChI is InChI=1S/C10H15NO2/c1-7(8(2)12)9-5-4-6-10(11-9)13-3/h4-8,12H,1-3H3. The Bertz CT molecular complexity index is 273. The summed E-state index contributed by atoms with van der Waals surface area (Å²) >= 11 is 0. The van der Waals surface area contributed by atoms with Crippen LogP contribution in [0.5, 0.6) is 5.88 Å². The van der Waals surface area contributed by atoms with Gasteiger partial charge in [-0.2, -0.15) is 0 Å². The van der Waals surface area contributed by atoms with Crippen LogP contribution in [-0.2, 0) is 0 Å². The summed E-state index contributed by atoms with van der Waals surface area (Å²) in [6, 6.07) is 5.55. The number of nitrogens with zero attached hydrogens (tertiary/aromatic N) is 1. The van der Waals surface area contributed by atoms with Crippen LogP contribution in [0.15, 0.2) is 18.2 Å². The predicted octanol–water partition coefficient (Wildman–Crippen LogP) is 1.57. The van der Waals surface area contributed by atoms with Gasteiger partial charge in [0.15, 0.2) is 0 Å². The van der Waals surface area contributed by atoms with Gasteiger partial charge in [0, 0.05) is 17.7 Å². The molecular weight excluding hydrogens is 166 g/mol. The number of ether oxygens (including phenoxy) is 1. The summed E-state index contributed by atoms with van der Waals surface area (Å²) in [4.78, 5) is 4.23. The summed E-state index contributed by atoms with van der Waals surface area (Å²) in [5, 5.41) is 9.36. The SMILES string of the molecule is COc1cccc(C(C)C(C)O)n1. The van der Waals surface area contributed by atoms with Crippen molar-refractivity contribution in [2.45, 2.75) is 25.9 Å². The summed E-state index contributed by atoms with van der Waals surface area (Å²) in [5.41, 5.74) is 0.856. The van der Waals surface area contributed by atoms with E-state index in [4.69, 9.17) is 4.74 Å². The topological polar surface area (TPSA) is 42.4 Å². The van der Waals surface area contributed by atoms with Crippen molar-refractivity contribution in [1.29, 1.82) is 0 Å². The van der Waals surface area contributed by atoms with E-state index in [1.807, 2.05) is 19.1 Å². The van der Waals surface area contributed by atoms with Gasteiger partial charge in [0.2, 0.25) is 5.88 Å². The Morgan fingerprint density at radius 3 is 2.62 bits per heavy atom. The van der Waals surface area contributed by atoms with Crippen molar-refractivity contribution in [3.8, 4) is 5.88 Å². The maximum Gasteiger partial charge on any atom is 0.213 e. The number of hydrogen-bond donors (Lipinski definition) is 1. The van der Waals surface area contributed by atoms with E-state index in [-0.39, 0.29) is 12.0 Å². The van der Waals surface area contributed by atoms with Crippen LogP contribution in [0.2, 0.25) is 0 Å². The number of aliphatic hydroxyl groups excluding tert-OH is 1. The van der Waals surface area contributed by atoms with Crippen molar-refractivity contribution in [3.63, 3.8) is 0 Å².